The smallest absolute Gasteiger partial charge is 0.328 e. The van der Waals surface area contributed by atoms with E-state index in [1.165, 1.54) is 6.08 Å². The molecule has 0 aliphatic rings. The van der Waals surface area contributed by atoms with Gasteiger partial charge in [0.2, 0.25) is 0 Å². The van der Waals surface area contributed by atoms with Crippen LogP contribution in [-0.4, -0.2) is 35.1 Å². The van der Waals surface area contributed by atoms with Crippen LogP contribution < -0.4 is 5.32 Å². The van der Waals surface area contributed by atoms with Crippen LogP contribution in [0.1, 0.15) is 19.4 Å². The molecule has 1 aromatic rings. The van der Waals surface area contributed by atoms with Crippen LogP contribution in [0.2, 0.25) is 0 Å². The Morgan fingerprint density at radius 1 is 1.33 bits per heavy atom. The van der Waals surface area contributed by atoms with Gasteiger partial charge in [0, 0.05) is 24.9 Å². The summed E-state index contributed by atoms with van der Waals surface area (Å²) in [7, 11) is 0. The molecule has 0 aromatic heterocycles. The van der Waals surface area contributed by atoms with E-state index in [1.54, 1.807) is 29.2 Å². The Hall–Kier alpha value is -2.56. The van der Waals surface area contributed by atoms with Gasteiger partial charge in [0.15, 0.2) is 0 Å². The van der Waals surface area contributed by atoms with Gasteiger partial charge in [-0.05, 0) is 37.6 Å². The van der Waals surface area contributed by atoms with Crippen LogP contribution in [0.5, 0.6) is 0 Å². The number of hydrogen-bond donors (Lipinski definition) is 2. The molecular weight excluding hydrogens is 268 g/mol. The number of urea groups is 1. The highest BCUT2D eigenvalue weighted by Crippen LogP contribution is 2.12. The maximum absolute atomic E-state index is 12.1. The molecule has 1 aromatic carbocycles. The molecule has 0 heterocycles. The van der Waals surface area contributed by atoms with Crippen molar-refractivity contribution in [2.45, 2.75) is 13.8 Å². The minimum atomic E-state index is -0.995. The summed E-state index contributed by atoms with van der Waals surface area (Å²) in [4.78, 5) is 24.1. The van der Waals surface area contributed by atoms with Gasteiger partial charge in [-0.2, -0.15) is 0 Å². The Labute approximate surface area is 124 Å². The van der Waals surface area contributed by atoms with E-state index in [4.69, 9.17) is 5.11 Å². The van der Waals surface area contributed by atoms with Gasteiger partial charge in [0.1, 0.15) is 0 Å². The number of hydrogen-bond acceptors (Lipinski definition) is 2. The fourth-order valence-corrected chi connectivity index (χ4v) is 1.70. The number of aliphatic carboxylic acids is 1. The molecule has 112 valence electrons. The molecule has 21 heavy (non-hydrogen) atoms. The molecule has 0 aliphatic carbocycles. The second-order valence-electron chi connectivity index (χ2n) is 4.70. The van der Waals surface area contributed by atoms with Crippen molar-refractivity contribution in [2.75, 3.05) is 18.4 Å². The molecule has 0 unspecified atom stereocenters. The van der Waals surface area contributed by atoms with Crippen molar-refractivity contribution in [3.05, 3.63) is 48.1 Å². The van der Waals surface area contributed by atoms with Crippen molar-refractivity contribution in [3.8, 4) is 0 Å². The number of benzene rings is 1. The maximum Gasteiger partial charge on any atom is 0.328 e. The van der Waals surface area contributed by atoms with Crippen molar-refractivity contribution in [1.29, 1.82) is 0 Å². The summed E-state index contributed by atoms with van der Waals surface area (Å²) in [5.74, 6) is -0.995. The summed E-state index contributed by atoms with van der Waals surface area (Å²) in [6.07, 6.45) is 2.56. The van der Waals surface area contributed by atoms with E-state index in [-0.39, 0.29) is 6.03 Å². The number of carbonyl (C=O) groups is 2. The van der Waals surface area contributed by atoms with E-state index in [1.807, 2.05) is 13.8 Å². The van der Waals surface area contributed by atoms with Crippen LogP contribution in [0.3, 0.4) is 0 Å². The number of carboxylic acid groups (broad SMARTS) is 1. The lowest BCUT2D eigenvalue weighted by Gasteiger charge is -2.21. The van der Waals surface area contributed by atoms with E-state index < -0.39 is 5.97 Å². The third-order valence-electron chi connectivity index (χ3n) is 2.71. The van der Waals surface area contributed by atoms with Crippen LogP contribution in [0.4, 0.5) is 10.5 Å². The topological polar surface area (TPSA) is 69.6 Å². The third-order valence-corrected chi connectivity index (χ3v) is 2.71. The molecule has 0 spiro atoms. The van der Waals surface area contributed by atoms with E-state index >= 15 is 0 Å². The Morgan fingerprint density at radius 2 is 1.95 bits per heavy atom. The molecule has 5 heteroatoms. The van der Waals surface area contributed by atoms with Crippen molar-refractivity contribution >= 4 is 23.8 Å². The highest BCUT2D eigenvalue weighted by Gasteiger charge is 2.11. The zero-order valence-electron chi connectivity index (χ0n) is 12.3. The molecule has 0 atom stereocenters. The first-order valence-electron chi connectivity index (χ1n) is 6.63. The zero-order valence-corrected chi connectivity index (χ0v) is 12.3. The van der Waals surface area contributed by atoms with Gasteiger partial charge in [-0.1, -0.05) is 24.3 Å². The van der Waals surface area contributed by atoms with E-state index in [9.17, 15) is 9.59 Å². The van der Waals surface area contributed by atoms with Gasteiger partial charge in [-0.15, -0.1) is 0 Å². The predicted octanol–water partition coefficient (Wildman–Crippen LogP) is 3.21. The molecule has 0 radical (unpaired) electrons. The third kappa shape index (κ3) is 5.95. The molecule has 0 fully saturated rings. The lowest BCUT2D eigenvalue weighted by atomic mass is 10.2. The fourth-order valence-electron chi connectivity index (χ4n) is 1.70. The highest BCUT2D eigenvalue weighted by molar-refractivity contribution is 5.90. The number of carbonyl (C=O) groups excluding carboxylic acids is 1. The van der Waals surface area contributed by atoms with E-state index in [2.05, 4.69) is 11.9 Å². The SMILES string of the molecule is C=C(C)CN(CC)C(=O)Nc1ccc(/C=C/C(=O)O)cc1. The van der Waals surface area contributed by atoms with Gasteiger partial charge in [-0.25, -0.2) is 9.59 Å². The molecule has 2 amide bonds. The number of anilines is 1. The summed E-state index contributed by atoms with van der Waals surface area (Å²) in [6, 6.07) is 6.75. The average molecular weight is 288 g/mol. The summed E-state index contributed by atoms with van der Waals surface area (Å²) >= 11 is 0. The summed E-state index contributed by atoms with van der Waals surface area (Å²) in [5.41, 5.74) is 2.33. The van der Waals surface area contributed by atoms with Crippen molar-refractivity contribution in [2.24, 2.45) is 0 Å². The lowest BCUT2D eigenvalue weighted by Crippen LogP contribution is -2.35. The number of carboxylic acids is 1. The van der Waals surface area contributed by atoms with Crippen molar-refractivity contribution in [1.82, 2.24) is 4.90 Å². The summed E-state index contributed by atoms with van der Waals surface area (Å²) < 4.78 is 0. The fraction of sp³-hybridized carbons (Fsp3) is 0.250. The molecule has 5 nitrogen and oxygen atoms in total. The quantitative estimate of drug-likeness (QED) is 0.623. The monoisotopic (exact) mass is 288 g/mol. The highest BCUT2D eigenvalue weighted by atomic mass is 16.4. The number of rotatable bonds is 6. The summed E-state index contributed by atoms with van der Waals surface area (Å²) in [5, 5.41) is 11.3. The Bertz CT molecular complexity index is 547. The normalized spacial score (nSPS) is 10.4. The Morgan fingerprint density at radius 3 is 2.43 bits per heavy atom. The number of amides is 2. The van der Waals surface area contributed by atoms with Gasteiger partial charge in [0.25, 0.3) is 0 Å². The van der Waals surface area contributed by atoms with Crippen LogP contribution in [0.25, 0.3) is 6.08 Å². The molecule has 0 bridgehead atoms. The number of likely N-dealkylation sites (N-methyl/N-ethyl adjacent to an activating group) is 1. The molecule has 1 rings (SSSR count). The number of nitrogens with zero attached hydrogens (tertiary/aromatic N) is 1. The van der Waals surface area contributed by atoms with Gasteiger partial charge < -0.3 is 15.3 Å². The maximum atomic E-state index is 12.1. The minimum Gasteiger partial charge on any atom is -0.478 e. The van der Waals surface area contributed by atoms with Crippen LogP contribution >= 0.6 is 0 Å². The molecule has 0 saturated carbocycles. The van der Waals surface area contributed by atoms with Crippen LogP contribution in [-0.2, 0) is 4.79 Å². The molecule has 0 saturated heterocycles. The van der Waals surface area contributed by atoms with E-state index in [0.717, 1.165) is 17.2 Å². The second kappa shape index (κ2) is 7.89. The van der Waals surface area contributed by atoms with Gasteiger partial charge in [-0.3, -0.25) is 0 Å². The van der Waals surface area contributed by atoms with Crippen molar-refractivity contribution < 1.29 is 14.7 Å². The lowest BCUT2D eigenvalue weighted by molar-refractivity contribution is -0.131. The number of nitrogens with one attached hydrogen (secondary N) is 1. The van der Waals surface area contributed by atoms with E-state index in [0.29, 0.717) is 18.8 Å². The molecule has 0 aliphatic heterocycles. The Kier molecular flexibility index (Phi) is 6.20. The summed E-state index contributed by atoms with van der Waals surface area (Å²) in [6.45, 7) is 8.69. The van der Waals surface area contributed by atoms with Crippen LogP contribution in [0, 0.1) is 0 Å². The molecular formula is C16H20N2O3. The largest absolute Gasteiger partial charge is 0.478 e. The Balaban J connectivity index is 2.68. The molecule has 2 N–H and O–H groups in total. The average Bonchev–Trinajstić information content (AvgIpc) is 2.43. The second-order valence-corrected chi connectivity index (χ2v) is 4.70. The first-order chi connectivity index (χ1) is 9.92. The first kappa shape index (κ1) is 16.5. The standard InChI is InChI=1S/C16H20N2O3/c1-4-18(11-12(2)3)16(21)17-14-8-5-13(6-9-14)7-10-15(19)20/h5-10H,2,4,11H2,1,3H3,(H,17,21)(H,19,20)/b10-7+. The first-order valence-corrected chi connectivity index (χ1v) is 6.63. The van der Waals surface area contributed by atoms with Crippen LogP contribution in [0.15, 0.2) is 42.5 Å². The minimum absolute atomic E-state index is 0.186. The van der Waals surface area contributed by atoms with Gasteiger partial charge >= 0.3 is 12.0 Å². The predicted molar refractivity (Wildman–Crippen MR) is 84.2 cm³/mol. The van der Waals surface area contributed by atoms with Crippen molar-refractivity contribution in [3.63, 3.8) is 0 Å². The van der Waals surface area contributed by atoms with Gasteiger partial charge in [0.05, 0.1) is 0 Å². The zero-order chi connectivity index (χ0) is 15.8.